The van der Waals surface area contributed by atoms with Crippen molar-refractivity contribution in [3.8, 4) is 0 Å². The fourth-order valence-corrected chi connectivity index (χ4v) is 3.48. The van der Waals surface area contributed by atoms with Gasteiger partial charge in [-0.3, -0.25) is 9.48 Å². The second kappa shape index (κ2) is 6.42. The summed E-state index contributed by atoms with van der Waals surface area (Å²) in [6.45, 7) is 1.07. The highest BCUT2D eigenvalue weighted by atomic mass is 32.1. The molecule has 3 heterocycles. The Hall–Kier alpha value is -2.10. The Labute approximate surface area is 140 Å². The summed E-state index contributed by atoms with van der Waals surface area (Å²) in [5.74, 6) is -0.231. The number of rotatable bonds is 3. The number of aryl methyl sites for hydroxylation is 1. The largest absolute Gasteiger partial charge is 0.434 e. The highest BCUT2D eigenvalue weighted by Gasteiger charge is 2.35. The maximum atomic E-state index is 12.7. The molecule has 0 saturated carbocycles. The number of nitrogens with one attached hydrogen (secondary N) is 1. The van der Waals surface area contributed by atoms with Crippen molar-refractivity contribution < 1.29 is 18.0 Å². The number of amides is 1. The first-order valence-corrected chi connectivity index (χ1v) is 8.28. The third-order valence-electron chi connectivity index (χ3n) is 3.78. The summed E-state index contributed by atoms with van der Waals surface area (Å²) in [6, 6.07) is -0.135. The van der Waals surface area contributed by atoms with Gasteiger partial charge in [0.25, 0.3) is 5.91 Å². The van der Waals surface area contributed by atoms with E-state index in [0.717, 1.165) is 29.6 Å². The van der Waals surface area contributed by atoms with Gasteiger partial charge in [0.05, 0.1) is 11.8 Å². The van der Waals surface area contributed by atoms with E-state index in [1.165, 1.54) is 10.9 Å². The zero-order valence-corrected chi connectivity index (χ0v) is 13.7. The normalized spacial score (nSPS) is 18.7. The number of hydrogen-bond donors (Lipinski definition) is 1. The smallest absolute Gasteiger partial charge is 0.347 e. The van der Waals surface area contributed by atoms with Crippen molar-refractivity contribution in [2.75, 3.05) is 18.0 Å². The molecule has 24 heavy (non-hydrogen) atoms. The van der Waals surface area contributed by atoms with E-state index < -0.39 is 11.9 Å². The number of alkyl halides is 3. The zero-order valence-electron chi connectivity index (χ0n) is 12.9. The van der Waals surface area contributed by atoms with Crippen LogP contribution in [0.25, 0.3) is 0 Å². The highest BCUT2D eigenvalue weighted by molar-refractivity contribution is 7.13. The maximum Gasteiger partial charge on any atom is 0.434 e. The predicted molar refractivity (Wildman–Crippen MR) is 83.0 cm³/mol. The van der Waals surface area contributed by atoms with Crippen LogP contribution in [0.4, 0.5) is 18.3 Å². The number of carbonyl (C=O) groups excluding carboxylic acids is 1. The van der Waals surface area contributed by atoms with Crippen LogP contribution >= 0.6 is 11.3 Å². The predicted octanol–water partition coefficient (Wildman–Crippen LogP) is 2.29. The van der Waals surface area contributed by atoms with Crippen LogP contribution in [0, 0.1) is 0 Å². The van der Waals surface area contributed by atoms with Gasteiger partial charge in [0.15, 0.2) is 10.8 Å². The van der Waals surface area contributed by atoms with Crippen molar-refractivity contribution in [1.29, 1.82) is 0 Å². The molecule has 2 aromatic heterocycles. The van der Waals surface area contributed by atoms with Gasteiger partial charge in [-0.2, -0.15) is 18.3 Å². The maximum absolute atomic E-state index is 12.7. The molecule has 1 unspecified atom stereocenters. The van der Waals surface area contributed by atoms with Crippen molar-refractivity contribution in [3.05, 3.63) is 29.0 Å². The van der Waals surface area contributed by atoms with Crippen LogP contribution in [-0.2, 0) is 13.2 Å². The minimum absolute atomic E-state index is 0.135. The van der Waals surface area contributed by atoms with Gasteiger partial charge in [0.1, 0.15) is 0 Å². The second-order valence-corrected chi connectivity index (χ2v) is 6.51. The molecular formula is C14H16F3N5OS. The Kier molecular flexibility index (Phi) is 4.48. The number of halogens is 3. The Morgan fingerprint density at radius 1 is 1.46 bits per heavy atom. The van der Waals surface area contributed by atoms with E-state index in [9.17, 15) is 18.0 Å². The van der Waals surface area contributed by atoms with E-state index in [2.05, 4.69) is 15.4 Å². The summed E-state index contributed by atoms with van der Waals surface area (Å²) in [5, 5.41) is 8.21. The first-order chi connectivity index (χ1) is 11.3. The molecule has 0 aliphatic carbocycles. The number of hydrogen-bond acceptors (Lipinski definition) is 5. The van der Waals surface area contributed by atoms with Gasteiger partial charge in [-0.15, -0.1) is 11.3 Å². The average Bonchev–Trinajstić information content (AvgIpc) is 3.16. The van der Waals surface area contributed by atoms with E-state index in [4.69, 9.17) is 0 Å². The molecule has 0 bridgehead atoms. The van der Waals surface area contributed by atoms with Crippen LogP contribution in [0.2, 0.25) is 0 Å². The molecule has 1 amide bonds. The number of anilines is 1. The molecule has 1 aliphatic heterocycles. The van der Waals surface area contributed by atoms with Gasteiger partial charge in [0, 0.05) is 37.8 Å². The molecular weight excluding hydrogens is 343 g/mol. The topological polar surface area (TPSA) is 63.1 Å². The lowest BCUT2D eigenvalue weighted by molar-refractivity contribution is -0.140. The van der Waals surface area contributed by atoms with Crippen LogP contribution in [0.1, 0.15) is 28.9 Å². The van der Waals surface area contributed by atoms with E-state index >= 15 is 0 Å². The van der Waals surface area contributed by atoms with Gasteiger partial charge < -0.3 is 10.2 Å². The van der Waals surface area contributed by atoms with Gasteiger partial charge in [-0.25, -0.2) is 4.98 Å². The fourth-order valence-electron chi connectivity index (χ4n) is 2.62. The van der Waals surface area contributed by atoms with Crippen LogP contribution in [-0.4, -0.2) is 39.8 Å². The third kappa shape index (κ3) is 3.69. The standard InChI is InChI=1S/C14H16F3N5OS/c1-21-6-9(5-18-21)12(23)19-10-3-2-4-22(7-10)13-20-11(8-24-13)14(15,16)17/h5-6,8,10H,2-4,7H2,1H3,(H,19,23). The summed E-state index contributed by atoms with van der Waals surface area (Å²) in [5.41, 5.74) is -0.410. The summed E-state index contributed by atoms with van der Waals surface area (Å²) >= 11 is 0.972. The summed E-state index contributed by atoms with van der Waals surface area (Å²) < 4.78 is 39.5. The molecule has 0 spiro atoms. The number of aromatic nitrogens is 3. The van der Waals surface area contributed by atoms with Crippen LogP contribution in [0.3, 0.4) is 0 Å². The lowest BCUT2D eigenvalue weighted by atomic mass is 10.1. The molecule has 1 fully saturated rings. The lowest BCUT2D eigenvalue weighted by Crippen LogP contribution is -2.47. The summed E-state index contributed by atoms with van der Waals surface area (Å²) in [4.78, 5) is 17.6. The van der Waals surface area contributed by atoms with Crippen molar-refractivity contribution in [2.45, 2.75) is 25.1 Å². The SMILES string of the molecule is Cn1cc(C(=O)NC2CCCN(c3nc(C(F)(F)F)cs3)C2)cn1. The first kappa shape index (κ1) is 16.7. The van der Waals surface area contributed by atoms with Gasteiger partial charge in [-0.1, -0.05) is 0 Å². The Balaban J connectivity index is 1.64. The molecule has 0 radical (unpaired) electrons. The Bertz CT molecular complexity index is 726. The first-order valence-electron chi connectivity index (χ1n) is 7.40. The average molecular weight is 359 g/mol. The molecule has 130 valence electrons. The molecule has 1 N–H and O–H groups in total. The van der Waals surface area contributed by atoms with Crippen LogP contribution in [0.15, 0.2) is 17.8 Å². The third-order valence-corrected chi connectivity index (χ3v) is 4.68. The number of nitrogens with zero attached hydrogens (tertiary/aromatic N) is 4. The van der Waals surface area contributed by atoms with Crippen molar-refractivity contribution >= 4 is 22.4 Å². The molecule has 1 atom stereocenters. The minimum Gasteiger partial charge on any atom is -0.347 e. The van der Waals surface area contributed by atoms with E-state index in [-0.39, 0.29) is 11.9 Å². The van der Waals surface area contributed by atoms with Crippen molar-refractivity contribution in [2.24, 2.45) is 7.05 Å². The number of thiazole rings is 1. The second-order valence-electron chi connectivity index (χ2n) is 5.67. The Morgan fingerprint density at radius 2 is 2.25 bits per heavy atom. The summed E-state index contributed by atoms with van der Waals surface area (Å²) in [6.07, 6.45) is 0.218. The van der Waals surface area contributed by atoms with Crippen molar-refractivity contribution in [3.63, 3.8) is 0 Å². The minimum atomic E-state index is -4.43. The van der Waals surface area contributed by atoms with Crippen LogP contribution in [0.5, 0.6) is 0 Å². The fraction of sp³-hybridized carbons (Fsp3) is 0.500. The molecule has 0 aromatic carbocycles. The van der Waals surface area contributed by atoms with E-state index in [0.29, 0.717) is 23.8 Å². The monoisotopic (exact) mass is 359 g/mol. The van der Waals surface area contributed by atoms with Crippen LogP contribution < -0.4 is 10.2 Å². The molecule has 3 rings (SSSR count). The summed E-state index contributed by atoms with van der Waals surface area (Å²) in [7, 11) is 1.72. The van der Waals surface area contributed by atoms with Gasteiger partial charge in [-0.05, 0) is 12.8 Å². The molecule has 1 saturated heterocycles. The van der Waals surface area contributed by atoms with Gasteiger partial charge >= 0.3 is 6.18 Å². The Morgan fingerprint density at radius 3 is 2.88 bits per heavy atom. The molecule has 2 aromatic rings. The number of piperidine rings is 1. The van der Waals surface area contributed by atoms with Gasteiger partial charge in [0.2, 0.25) is 0 Å². The number of carbonyl (C=O) groups is 1. The zero-order chi connectivity index (χ0) is 17.3. The van der Waals surface area contributed by atoms with E-state index in [1.807, 2.05) is 0 Å². The quantitative estimate of drug-likeness (QED) is 0.913. The molecule has 6 nitrogen and oxygen atoms in total. The van der Waals surface area contributed by atoms with E-state index in [1.54, 1.807) is 18.1 Å². The highest BCUT2D eigenvalue weighted by Crippen LogP contribution is 2.33. The lowest BCUT2D eigenvalue weighted by Gasteiger charge is -2.32. The molecule has 1 aliphatic rings. The van der Waals surface area contributed by atoms with Crippen molar-refractivity contribution in [1.82, 2.24) is 20.1 Å². The molecule has 10 heteroatoms.